The summed E-state index contributed by atoms with van der Waals surface area (Å²) in [6.45, 7) is 11.2. The molecule has 1 heteroatoms. The molecule has 0 amide bonds. The van der Waals surface area contributed by atoms with Gasteiger partial charge in [-0.1, -0.05) is 39.8 Å². The van der Waals surface area contributed by atoms with Crippen LogP contribution in [0.4, 0.5) is 0 Å². The zero-order valence-corrected chi connectivity index (χ0v) is 10.6. The first kappa shape index (κ1) is 13.1. The van der Waals surface area contributed by atoms with Gasteiger partial charge in [-0.25, -0.2) is 0 Å². The third-order valence-corrected chi connectivity index (χ3v) is 3.89. The van der Waals surface area contributed by atoms with E-state index in [1.165, 1.54) is 6.42 Å². The number of hydrogen-bond acceptors (Lipinski definition) is 1. The Labute approximate surface area is 89.2 Å². The van der Waals surface area contributed by atoms with Gasteiger partial charge in [-0.2, -0.15) is 12.6 Å². The first-order chi connectivity index (χ1) is 6.01. The third-order valence-electron chi connectivity index (χ3n) is 3.37. The number of thiol groups is 1. The quantitative estimate of drug-likeness (QED) is 0.496. The second-order valence-corrected chi connectivity index (χ2v) is 4.97. The van der Waals surface area contributed by atoms with Gasteiger partial charge in [0.05, 0.1) is 0 Å². The maximum Gasteiger partial charge on any atom is 0.00502 e. The lowest BCUT2D eigenvalue weighted by atomic mass is 9.70. The van der Waals surface area contributed by atoms with Crippen LogP contribution in [0.1, 0.15) is 47.5 Å². The molecule has 0 N–H and O–H groups in total. The first-order valence-electron chi connectivity index (χ1n) is 5.30. The number of allylic oxidation sites excluding steroid dienone is 2. The molecule has 0 aliphatic rings. The van der Waals surface area contributed by atoms with Gasteiger partial charge in [0.15, 0.2) is 0 Å². The third kappa shape index (κ3) is 3.05. The Morgan fingerprint density at radius 1 is 1.31 bits per heavy atom. The summed E-state index contributed by atoms with van der Waals surface area (Å²) >= 11 is 4.64. The summed E-state index contributed by atoms with van der Waals surface area (Å²) in [5.41, 5.74) is 0.371. The summed E-state index contributed by atoms with van der Waals surface area (Å²) in [7, 11) is 0. The van der Waals surface area contributed by atoms with Crippen LogP contribution in [0.2, 0.25) is 0 Å². The summed E-state index contributed by atoms with van der Waals surface area (Å²) < 4.78 is 0. The molecule has 0 fully saturated rings. The van der Waals surface area contributed by atoms with Gasteiger partial charge in [0, 0.05) is 5.25 Å². The maximum atomic E-state index is 4.64. The Morgan fingerprint density at radius 2 is 1.85 bits per heavy atom. The average Bonchev–Trinajstić information content (AvgIpc) is 2.05. The molecule has 2 atom stereocenters. The largest absolute Gasteiger partial charge is 0.176 e. The van der Waals surface area contributed by atoms with E-state index in [1.54, 1.807) is 0 Å². The van der Waals surface area contributed by atoms with Crippen LogP contribution in [0, 0.1) is 11.3 Å². The highest BCUT2D eigenvalue weighted by Gasteiger charge is 2.34. The minimum atomic E-state index is 0.371. The van der Waals surface area contributed by atoms with E-state index in [0.717, 1.165) is 6.42 Å². The Balaban J connectivity index is 4.65. The lowest BCUT2D eigenvalue weighted by Crippen LogP contribution is -2.34. The molecular weight excluding hydrogens is 176 g/mol. The zero-order valence-electron chi connectivity index (χ0n) is 9.67. The molecule has 0 saturated carbocycles. The Morgan fingerprint density at radius 3 is 2.08 bits per heavy atom. The van der Waals surface area contributed by atoms with E-state index >= 15 is 0 Å². The molecule has 0 aromatic heterocycles. The van der Waals surface area contributed by atoms with Gasteiger partial charge in [-0.15, -0.1) is 0 Å². The van der Waals surface area contributed by atoms with Crippen molar-refractivity contribution in [3.05, 3.63) is 12.2 Å². The van der Waals surface area contributed by atoms with Crippen LogP contribution in [0.3, 0.4) is 0 Å². The van der Waals surface area contributed by atoms with Crippen LogP contribution in [-0.4, -0.2) is 5.25 Å². The second kappa shape index (κ2) is 5.74. The molecule has 0 heterocycles. The lowest BCUT2D eigenvalue weighted by molar-refractivity contribution is 0.183. The van der Waals surface area contributed by atoms with Crippen molar-refractivity contribution < 1.29 is 0 Å². The molecule has 0 aromatic carbocycles. The fraction of sp³-hybridized carbons (Fsp3) is 0.833. The van der Waals surface area contributed by atoms with Crippen LogP contribution < -0.4 is 0 Å². The van der Waals surface area contributed by atoms with Gasteiger partial charge in [0.25, 0.3) is 0 Å². The van der Waals surface area contributed by atoms with E-state index in [9.17, 15) is 0 Å². The van der Waals surface area contributed by atoms with Crippen molar-refractivity contribution in [2.75, 3.05) is 0 Å². The molecule has 2 unspecified atom stereocenters. The maximum absolute atomic E-state index is 4.64. The van der Waals surface area contributed by atoms with Crippen molar-refractivity contribution in [2.45, 2.75) is 52.7 Å². The second-order valence-electron chi connectivity index (χ2n) is 4.19. The molecular formula is C12H24S. The Kier molecular flexibility index (Phi) is 5.78. The summed E-state index contributed by atoms with van der Waals surface area (Å²) in [6, 6.07) is 0. The van der Waals surface area contributed by atoms with Crippen LogP contribution in [0.25, 0.3) is 0 Å². The van der Waals surface area contributed by atoms with Gasteiger partial charge in [-0.05, 0) is 31.1 Å². The average molecular weight is 200 g/mol. The highest BCUT2D eigenvalue weighted by Crippen LogP contribution is 2.41. The molecule has 13 heavy (non-hydrogen) atoms. The highest BCUT2D eigenvalue weighted by atomic mass is 32.1. The molecule has 0 radical (unpaired) electrons. The number of hydrogen-bond donors (Lipinski definition) is 1. The monoisotopic (exact) mass is 200 g/mol. The van der Waals surface area contributed by atoms with Gasteiger partial charge >= 0.3 is 0 Å². The van der Waals surface area contributed by atoms with Crippen molar-refractivity contribution >= 4 is 12.6 Å². The molecule has 0 saturated heterocycles. The molecule has 78 valence electrons. The van der Waals surface area contributed by atoms with E-state index in [1.807, 2.05) is 0 Å². The van der Waals surface area contributed by atoms with E-state index in [0.29, 0.717) is 16.6 Å². The Hall–Kier alpha value is 0.0900. The normalized spacial score (nSPS) is 19.3. The molecule has 0 aliphatic carbocycles. The van der Waals surface area contributed by atoms with Gasteiger partial charge in [0.1, 0.15) is 0 Å². The molecule has 0 nitrogen and oxygen atoms in total. The Bertz CT molecular complexity index is 149. The SMILES string of the molecule is C/C=C\CC(CC)(C(C)C)C(C)S. The molecule has 0 rings (SSSR count). The van der Waals surface area contributed by atoms with E-state index < -0.39 is 0 Å². The van der Waals surface area contributed by atoms with E-state index in [-0.39, 0.29) is 0 Å². The van der Waals surface area contributed by atoms with E-state index in [4.69, 9.17) is 0 Å². The minimum Gasteiger partial charge on any atom is -0.176 e. The number of rotatable bonds is 5. The summed E-state index contributed by atoms with van der Waals surface area (Å²) in [5.74, 6) is 0.696. The summed E-state index contributed by atoms with van der Waals surface area (Å²) in [6.07, 6.45) is 6.78. The van der Waals surface area contributed by atoms with Crippen LogP contribution in [0.15, 0.2) is 12.2 Å². The molecule has 0 aliphatic heterocycles. The summed E-state index contributed by atoms with van der Waals surface area (Å²) in [5, 5.41) is 0.466. The highest BCUT2D eigenvalue weighted by molar-refractivity contribution is 7.81. The molecule has 0 bridgehead atoms. The van der Waals surface area contributed by atoms with Crippen LogP contribution in [-0.2, 0) is 0 Å². The van der Waals surface area contributed by atoms with Gasteiger partial charge < -0.3 is 0 Å². The minimum absolute atomic E-state index is 0.371. The topological polar surface area (TPSA) is 0 Å². The van der Waals surface area contributed by atoms with Gasteiger partial charge in [0.2, 0.25) is 0 Å². The van der Waals surface area contributed by atoms with Crippen LogP contribution >= 0.6 is 12.6 Å². The van der Waals surface area contributed by atoms with E-state index in [2.05, 4.69) is 59.4 Å². The fourth-order valence-corrected chi connectivity index (χ4v) is 2.66. The lowest BCUT2D eigenvalue weighted by Gasteiger charge is -2.39. The molecule has 0 aromatic rings. The fourth-order valence-electron chi connectivity index (χ4n) is 2.07. The van der Waals surface area contributed by atoms with Crippen molar-refractivity contribution in [1.29, 1.82) is 0 Å². The van der Waals surface area contributed by atoms with Crippen molar-refractivity contribution in [3.63, 3.8) is 0 Å². The van der Waals surface area contributed by atoms with Crippen molar-refractivity contribution in [3.8, 4) is 0 Å². The zero-order chi connectivity index (χ0) is 10.5. The molecule has 0 spiro atoms. The summed E-state index contributed by atoms with van der Waals surface area (Å²) in [4.78, 5) is 0. The van der Waals surface area contributed by atoms with Gasteiger partial charge in [-0.3, -0.25) is 0 Å². The predicted octanol–water partition coefficient (Wildman–Crippen LogP) is 4.32. The van der Waals surface area contributed by atoms with Crippen molar-refractivity contribution in [1.82, 2.24) is 0 Å². The van der Waals surface area contributed by atoms with Crippen LogP contribution in [0.5, 0.6) is 0 Å². The predicted molar refractivity (Wildman–Crippen MR) is 65.4 cm³/mol. The van der Waals surface area contributed by atoms with Crippen molar-refractivity contribution in [2.24, 2.45) is 11.3 Å². The smallest absolute Gasteiger partial charge is 0.00502 e. The standard InChI is InChI=1S/C12H24S/c1-6-8-9-12(7-2,10(3)4)11(5)13/h6,8,10-11,13H,7,9H2,1-5H3/b8-6-. The first-order valence-corrected chi connectivity index (χ1v) is 5.82.